The molecule has 0 saturated heterocycles. The van der Waals surface area contributed by atoms with Crippen molar-refractivity contribution in [2.45, 2.75) is 12.5 Å². The summed E-state index contributed by atoms with van der Waals surface area (Å²) >= 11 is 0. The van der Waals surface area contributed by atoms with Crippen molar-refractivity contribution >= 4 is 27.6 Å². The molecule has 24 heavy (non-hydrogen) atoms. The van der Waals surface area contributed by atoms with Gasteiger partial charge in [-0.2, -0.15) is 0 Å². The predicted octanol–water partition coefficient (Wildman–Crippen LogP) is 2.52. The van der Waals surface area contributed by atoms with Crippen LogP contribution in [0.5, 0.6) is 0 Å². The van der Waals surface area contributed by atoms with Crippen LogP contribution in [0.2, 0.25) is 0 Å². The highest BCUT2D eigenvalue weighted by molar-refractivity contribution is 6.15. The molecule has 0 aliphatic rings. The molecule has 1 heterocycles. The van der Waals surface area contributed by atoms with Crippen LogP contribution in [0.3, 0.4) is 0 Å². The molecule has 0 aliphatic heterocycles. The molecule has 0 saturated carbocycles. The Hall–Kier alpha value is -2.50. The van der Waals surface area contributed by atoms with Gasteiger partial charge < -0.3 is 15.2 Å². The highest BCUT2D eigenvalue weighted by atomic mass is 16.5. The lowest BCUT2D eigenvalue weighted by Gasteiger charge is -2.12. The van der Waals surface area contributed by atoms with E-state index in [4.69, 9.17) is 4.74 Å². The highest BCUT2D eigenvalue weighted by Crippen LogP contribution is 2.27. The Bertz CT molecular complexity index is 863. The summed E-state index contributed by atoms with van der Waals surface area (Å²) in [6, 6.07) is 13.7. The molecular formula is C19H20N2O3. The topological polar surface area (TPSA) is 71.5 Å². The molecule has 3 rings (SSSR count). The number of hydrogen-bond acceptors (Lipinski definition) is 4. The summed E-state index contributed by atoms with van der Waals surface area (Å²) in [5, 5.41) is 15.5. The normalized spacial score (nSPS) is 12.4. The van der Waals surface area contributed by atoms with E-state index < -0.39 is 6.10 Å². The summed E-state index contributed by atoms with van der Waals surface area (Å²) < 4.78 is 4.88. The number of amides is 1. The zero-order valence-electron chi connectivity index (χ0n) is 13.5. The smallest absolute Gasteiger partial charge is 0.253 e. The first kappa shape index (κ1) is 16.4. The summed E-state index contributed by atoms with van der Waals surface area (Å²) in [6.07, 6.45) is 1.55. The second-order valence-corrected chi connectivity index (χ2v) is 5.70. The quantitative estimate of drug-likeness (QED) is 0.684. The standard InChI is InChI=1S/C19H20N2O3/c1-24-12-14(22)8-10-21-19(23)17-11-13-5-2-3-6-15(13)16-7-4-9-20-18(16)17/h2-7,9,11,14,22H,8,10,12H2,1H3,(H,21,23). The summed E-state index contributed by atoms with van der Waals surface area (Å²) in [6.45, 7) is 0.640. The number of nitrogens with one attached hydrogen (secondary N) is 1. The molecule has 5 nitrogen and oxygen atoms in total. The van der Waals surface area contributed by atoms with Gasteiger partial charge in [-0.15, -0.1) is 0 Å². The van der Waals surface area contributed by atoms with Crippen LogP contribution in [0.1, 0.15) is 16.8 Å². The molecule has 0 radical (unpaired) electrons. The average Bonchev–Trinajstić information content (AvgIpc) is 2.61. The number of aliphatic hydroxyl groups excluding tert-OH is 1. The Balaban J connectivity index is 1.89. The van der Waals surface area contributed by atoms with Gasteiger partial charge in [-0.1, -0.05) is 30.3 Å². The van der Waals surface area contributed by atoms with E-state index in [-0.39, 0.29) is 12.5 Å². The number of methoxy groups -OCH3 is 1. The molecule has 1 aromatic heterocycles. The van der Waals surface area contributed by atoms with Crippen molar-refractivity contribution in [1.82, 2.24) is 10.3 Å². The van der Waals surface area contributed by atoms with Crippen molar-refractivity contribution in [3.05, 3.63) is 54.2 Å². The van der Waals surface area contributed by atoms with Gasteiger partial charge in [-0.3, -0.25) is 9.78 Å². The summed E-state index contributed by atoms with van der Waals surface area (Å²) in [7, 11) is 1.54. The Labute approximate surface area is 140 Å². The molecule has 1 atom stereocenters. The number of aromatic nitrogens is 1. The maximum absolute atomic E-state index is 12.6. The van der Waals surface area contributed by atoms with Crippen molar-refractivity contribution in [2.75, 3.05) is 20.3 Å². The summed E-state index contributed by atoms with van der Waals surface area (Å²) in [4.78, 5) is 17.0. The Morgan fingerprint density at radius 3 is 2.88 bits per heavy atom. The van der Waals surface area contributed by atoms with E-state index in [0.717, 1.165) is 16.2 Å². The maximum atomic E-state index is 12.6. The first-order chi connectivity index (χ1) is 11.7. The lowest BCUT2D eigenvalue weighted by molar-refractivity contribution is 0.0588. The summed E-state index contributed by atoms with van der Waals surface area (Å²) in [5.74, 6) is -0.186. The first-order valence-corrected chi connectivity index (χ1v) is 7.92. The Morgan fingerprint density at radius 2 is 2.04 bits per heavy atom. The maximum Gasteiger partial charge on any atom is 0.253 e. The van der Waals surface area contributed by atoms with E-state index in [1.54, 1.807) is 6.20 Å². The molecule has 124 valence electrons. The molecule has 5 heteroatoms. The van der Waals surface area contributed by atoms with E-state index in [2.05, 4.69) is 10.3 Å². The van der Waals surface area contributed by atoms with E-state index >= 15 is 0 Å². The van der Waals surface area contributed by atoms with Crippen molar-refractivity contribution in [2.24, 2.45) is 0 Å². The van der Waals surface area contributed by atoms with Crippen LogP contribution in [0.15, 0.2) is 48.7 Å². The monoisotopic (exact) mass is 324 g/mol. The zero-order valence-corrected chi connectivity index (χ0v) is 13.5. The van der Waals surface area contributed by atoms with E-state index in [0.29, 0.717) is 24.0 Å². The second-order valence-electron chi connectivity index (χ2n) is 5.70. The van der Waals surface area contributed by atoms with Gasteiger partial charge in [0, 0.05) is 25.2 Å². The highest BCUT2D eigenvalue weighted by Gasteiger charge is 2.14. The molecule has 2 N–H and O–H groups in total. The van der Waals surface area contributed by atoms with Crippen molar-refractivity contribution in [3.8, 4) is 0 Å². The second kappa shape index (κ2) is 7.38. The number of benzene rings is 2. The Morgan fingerprint density at radius 1 is 1.25 bits per heavy atom. The number of pyridine rings is 1. The van der Waals surface area contributed by atoms with Gasteiger partial charge in [0.15, 0.2) is 0 Å². The van der Waals surface area contributed by atoms with Gasteiger partial charge in [0.05, 0.1) is 23.8 Å². The van der Waals surface area contributed by atoms with Crippen LogP contribution >= 0.6 is 0 Å². The number of carbonyl (C=O) groups excluding carboxylic acids is 1. The number of fused-ring (bicyclic) bond motifs is 3. The molecule has 1 amide bonds. The van der Waals surface area contributed by atoms with Crippen molar-refractivity contribution in [3.63, 3.8) is 0 Å². The third-order valence-electron chi connectivity index (χ3n) is 3.98. The van der Waals surface area contributed by atoms with Crippen LogP contribution in [-0.2, 0) is 4.74 Å². The number of ether oxygens (including phenoxy) is 1. The largest absolute Gasteiger partial charge is 0.391 e. The van der Waals surface area contributed by atoms with Crippen molar-refractivity contribution < 1.29 is 14.6 Å². The number of nitrogens with zero attached hydrogens (tertiary/aromatic N) is 1. The average molecular weight is 324 g/mol. The first-order valence-electron chi connectivity index (χ1n) is 7.92. The van der Waals surface area contributed by atoms with Gasteiger partial charge in [0.1, 0.15) is 0 Å². The molecule has 3 aromatic rings. The molecule has 0 aliphatic carbocycles. The van der Waals surface area contributed by atoms with E-state index in [1.807, 2.05) is 42.5 Å². The predicted molar refractivity (Wildman–Crippen MR) is 94.1 cm³/mol. The van der Waals surface area contributed by atoms with Crippen LogP contribution in [0.4, 0.5) is 0 Å². The Kier molecular flexibility index (Phi) is 5.03. The fourth-order valence-electron chi connectivity index (χ4n) is 2.83. The number of hydrogen-bond donors (Lipinski definition) is 2. The van der Waals surface area contributed by atoms with Gasteiger partial charge >= 0.3 is 0 Å². The van der Waals surface area contributed by atoms with Gasteiger partial charge in [0.2, 0.25) is 0 Å². The summed E-state index contributed by atoms with van der Waals surface area (Å²) in [5.41, 5.74) is 1.23. The minimum absolute atomic E-state index is 0.186. The number of carbonyl (C=O) groups is 1. The lowest BCUT2D eigenvalue weighted by atomic mass is 10.0. The fourth-order valence-corrected chi connectivity index (χ4v) is 2.83. The molecular weight excluding hydrogens is 304 g/mol. The third-order valence-corrected chi connectivity index (χ3v) is 3.98. The molecule has 0 spiro atoms. The van der Waals surface area contributed by atoms with Crippen LogP contribution < -0.4 is 5.32 Å². The molecule has 0 bridgehead atoms. The minimum atomic E-state index is -0.582. The van der Waals surface area contributed by atoms with Crippen LogP contribution in [0, 0.1) is 0 Å². The van der Waals surface area contributed by atoms with Gasteiger partial charge in [-0.25, -0.2) is 0 Å². The molecule has 0 fully saturated rings. The number of rotatable bonds is 6. The van der Waals surface area contributed by atoms with Crippen LogP contribution in [-0.4, -0.2) is 42.4 Å². The van der Waals surface area contributed by atoms with E-state index in [1.165, 1.54) is 7.11 Å². The lowest BCUT2D eigenvalue weighted by Crippen LogP contribution is -2.28. The zero-order chi connectivity index (χ0) is 16.9. The molecule has 1 unspecified atom stereocenters. The van der Waals surface area contributed by atoms with Gasteiger partial charge in [-0.05, 0) is 29.3 Å². The number of aliphatic hydroxyl groups is 1. The molecule has 2 aromatic carbocycles. The SMILES string of the molecule is COCC(O)CCNC(=O)c1cc2ccccc2c2cccnc12. The fraction of sp³-hybridized carbons (Fsp3) is 0.263. The van der Waals surface area contributed by atoms with E-state index in [9.17, 15) is 9.90 Å². The van der Waals surface area contributed by atoms with Crippen molar-refractivity contribution in [1.29, 1.82) is 0 Å². The van der Waals surface area contributed by atoms with Crippen LogP contribution in [0.25, 0.3) is 21.7 Å². The van der Waals surface area contributed by atoms with Gasteiger partial charge in [0.25, 0.3) is 5.91 Å². The third kappa shape index (κ3) is 3.37. The minimum Gasteiger partial charge on any atom is -0.391 e.